The van der Waals surface area contributed by atoms with Gasteiger partial charge in [-0.25, -0.2) is 9.18 Å². The first-order chi connectivity index (χ1) is 18.4. The summed E-state index contributed by atoms with van der Waals surface area (Å²) in [6.07, 6.45) is 0.497. The summed E-state index contributed by atoms with van der Waals surface area (Å²) in [5.74, 6) is 1.49. The molecule has 3 aromatic carbocycles. The fourth-order valence-corrected chi connectivity index (χ4v) is 4.10. The highest BCUT2D eigenvalue weighted by atomic mass is 19.1. The summed E-state index contributed by atoms with van der Waals surface area (Å²) in [5, 5.41) is 3.59. The maximum atomic E-state index is 13.4. The van der Waals surface area contributed by atoms with Crippen molar-refractivity contribution in [2.45, 2.75) is 19.9 Å². The molecule has 0 saturated heterocycles. The van der Waals surface area contributed by atoms with Gasteiger partial charge in [0, 0.05) is 28.7 Å². The average Bonchev–Trinajstić information content (AvgIpc) is 2.92. The molecule has 0 unspecified atom stereocenters. The highest BCUT2D eigenvalue weighted by Gasteiger charge is 2.18. The van der Waals surface area contributed by atoms with Gasteiger partial charge in [-0.3, -0.25) is 4.79 Å². The molecule has 198 valence electrons. The van der Waals surface area contributed by atoms with Gasteiger partial charge in [0.15, 0.2) is 11.5 Å². The van der Waals surface area contributed by atoms with Gasteiger partial charge in [0.05, 0.1) is 27.4 Å². The predicted molar refractivity (Wildman–Crippen MR) is 145 cm³/mol. The Kier molecular flexibility index (Phi) is 8.47. The number of ether oxygens (including phenoxy) is 3. The van der Waals surface area contributed by atoms with Gasteiger partial charge in [-0.1, -0.05) is 6.07 Å². The lowest BCUT2D eigenvalue weighted by Gasteiger charge is -2.23. The number of H-pyrrole nitrogens is 1. The molecular weight excluding hydrogens is 489 g/mol. The number of fused-ring (bicyclic) bond motifs is 1. The van der Waals surface area contributed by atoms with Crippen LogP contribution in [0.2, 0.25) is 0 Å². The number of nitrogens with zero attached hydrogens (tertiary/aromatic N) is 1. The highest BCUT2D eigenvalue weighted by Crippen LogP contribution is 2.28. The Balaban J connectivity index is 1.61. The smallest absolute Gasteiger partial charge is 0.322 e. The van der Waals surface area contributed by atoms with Crippen LogP contribution in [0.4, 0.5) is 14.9 Å². The lowest BCUT2D eigenvalue weighted by atomic mass is 10.1. The number of aromatic nitrogens is 1. The monoisotopic (exact) mass is 519 g/mol. The Morgan fingerprint density at radius 2 is 1.74 bits per heavy atom. The molecule has 2 N–H and O–H groups in total. The van der Waals surface area contributed by atoms with Gasteiger partial charge in [-0.05, 0) is 79.6 Å². The fourth-order valence-electron chi connectivity index (χ4n) is 4.10. The molecule has 0 aliphatic carbocycles. The number of pyridine rings is 1. The van der Waals surface area contributed by atoms with E-state index in [4.69, 9.17) is 14.2 Å². The Morgan fingerprint density at radius 1 is 0.974 bits per heavy atom. The predicted octanol–water partition coefficient (Wildman–Crippen LogP) is 5.36. The number of nitrogens with one attached hydrogen (secondary N) is 2. The number of amides is 2. The molecule has 4 aromatic rings. The summed E-state index contributed by atoms with van der Waals surface area (Å²) in [6, 6.07) is 17.9. The molecule has 9 heteroatoms. The van der Waals surface area contributed by atoms with E-state index in [1.807, 2.05) is 25.1 Å². The van der Waals surface area contributed by atoms with Gasteiger partial charge >= 0.3 is 6.03 Å². The zero-order valence-corrected chi connectivity index (χ0v) is 21.5. The minimum atomic E-state index is -0.417. The third kappa shape index (κ3) is 6.42. The summed E-state index contributed by atoms with van der Waals surface area (Å²) in [4.78, 5) is 30.6. The normalized spacial score (nSPS) is 10.7. The first kappa shape index (κ1) is 26.5. The molecule has 0 aliphatic rings. The van der Waals surface area contributed by atoms with Gasteiger partial charge in [0.1, 0.15) is 11.6 Å². The molecule has 0 saturated carbocycles. The Bertz CT molecular complexity index is 1470. The third-order valence-electron chi connectivity index (χ3n) is 6.07. The summed E-state index contributed by atoms with van der Waals surface area (Å²) in [7, 11) is 3.13. The van der Waals surface area contributed by atoms with Crippen LogP contribution in [0.1, 0.15) is 18.1 Å². The number of hydrogen-bond donors (Lipinski definition) is 2. The standard InChI is InChI=1S/C29H30FN3O5/c1-4-38-24-10-11-25-20(17-24)16-21(28(34)32-25)18-33(29(35)31-23-8-6-22(30)7-9-23)14-13-19-5-12-26(36-2)27(15-19)37-3/h5-12,15-17H,4,13-14,18H2,1-3H3,(H,31,35)(H,32,34). The summed E-state index contributed by atoms with van der Waals surface area (Å²) < 4.78 is 29.6. The summed E-state index contributed by atoms with van der Waals surface area (Å²) in [5.41, 5.74) is 2.19. The number of methoxy groups -OCH3 is 2. The Morgan fingerprint density at radius 3 is 2.45 bits per heavy atom. The zero-order chi connectivity index (χ0) is 27.1. The van der Waals surface area contributed by atoms with Gasteiger partial charge < -0.3 is 29.4 Å². The first-order valence-electron chi connectivity index (χ1n) is 12.2. The van der Waals surface area contributed by atoms with Gasteiger partial charge in [-0.2, -0.15) is 0 Å². The largest absolute Gasteiger partial charge is 0.494 e. The van der Waals surface area contributed by atoms with Gasteiger partial charge in [0.25, 0.3) is 5.56 Å². The number of urea groups is 1. The average molecular weight is 520 g/mol. The van der Waals surface area contributed by atoms with E-state index >= 15 is 0 Å². The molecule has 0 fully saturated rings. The lowest BCUT2D eigenvalue weighted by molar-refractivity contribution is 0.209. The van der Waals surface area contributed by atoms with Gasteiger partial charge in [0.2, 0.25) is 0 Å². The number of carbonyl (C=O) groups excluding carboxylic acids is 1. The minimum Gasteiger partial charge on any atom is -0.494 e. The molecule has 0 bridgehead atoms. The van der Waals surface area contributed by atoms with Crippen molar-refractivity contribution in [3.8, 4) is 17.2 Å². The zero-order valence-electron chi connectivity index (χ0n) is 21.5. The molecule has 0 spiro atoms. The summed E-state index contributed by atoms with van der Waals surface area (Å²) >= 11 is 0. The second-order valence-electron chi connectivity index (χ2n) is 8.60. The van der Waals surface area contributed by atoms with Gasteiger partial charge in [-0.15, -0.1) is 0 Å². The van der Waals surface area contributed by atoms with E-state index in [2.05, 4.69) is 10.3 Å². The number of rotatable bonds is 10. The maximum Gasteiger partial charge on any atom is 0.322 e. The van der Waals surface area contributed by atoms with Crippen LogP contribution in [-0.2, 0) is 13.0 Å². The number of benzene rings is 3. The molecule has 2 amide bonds. The molecule has 0 radical (unpaired) electrons. The number of hydrogen-bond acceptors (Lipinski definition) is 5. The second kappa shape index (κ2) is 12.1. The quantitative estimate of drug-likeness (QED) is 0.294. The van der Waals surface area contributed by atoms with Crippen molar-refractivity contribution >= 4 is 22.6 Å². The van der Waals surface area contributed by atoms with E-state index in [1.165, 1.54) is 24.3 Å². The molecule has 1 heterocycles. The number of anilines is 1. The number of carbonyl (C=O) groups is 1. The van der Waals surface area contributed by atoms with E-state index in [0.29, 0.717) is 53.6 Å². The van der Waals surface area contributed by atoms with Crippen molar-refractivity contribution < 1.29 is 23.4 Å². The van der Waals surface area contributed by atoms with Crippen LogP contribution in [0.5, 0.6) is 17.2 Å². The molecule has 8 nitrogen and oxygen atoms in total. The fraction of sp³-hybridized carbons (Fsp3) is 0.241. The second-order valence-corrected chi connectivity index (χ2v) is 8.60. The van der Waals surface area contributed by atoms with Crippen LogP contribution in [0.15, 0.2) is 71.5 Å². The molecule has 0 atom stereocenters. The Labute approximate surface area is 220 Å². The Hall–Kier alpha value is -4.53. The highest BCUT2D eigenvalue weighted by molar-refractivity contribution is 5.89. The van der Waals surface area contributed by atoms with Crippen LogP contribution >= 0.6 is 0 Å². The van der Waals surface area contributed by atoms with Crippen LogP contribution in [0, 0.1) is 5.82 Å². The molecular formula is C29H30FN3O5. The molecule has 38 heavy (non-hydrogen) atoms. The van der Waals surface area contributed by atoms with Crippen molar-refractivity contribution in [2.75, 3.05) is 32.7 Å². The van der Waals surface area contributed by atoms with Crippen LogP contribution in [0.3, 0.4) is 0 Å². The third-order valence-corrected chi connectivity index (χ3v) is 6.07. The maximum absolute atomic E-state index is 13.4. The molecule has 1 aromatic heterocycles. The summed E-state index contributed by atoms with van der Waals surface area (Å²) in [6.45, 7) is 2.79. The van der Waals surface area contributed by atoms with Crippen molar-refractivity contribution in [1.82, 2.24) is 9.88 Å². The van der Waals surface area contributed by atoms with Crippen molar-refractivity contribution in [3.63, 3.8) is 0 Å². The minimum absolute atomic E-state index is 0.0600. The van der Waals surface area contributed by atoms with Crippen molar-refractivity contribution in [1.29, 1.82) is 0 Å². The van der Waals surface area contributed by atoms with Crippen molar-refractivity contribution in [3.05, 3.63) is 94.0 Å². The molecule has 0 aliphatic heterocycles. The van der Waals surface area contributed by atoms with E-state index in [-0.39, 0.29) is 12.1 Å². The van der Waals surface area contributed by atoms with E-state index in [0.717, 1.165) is 10.9 Å². The number of aromatic amines is 1. The SMILES string of the molecule is CCOc1ccc2[nH]c(=O)c(CN(CCc3ccc(OC)c(OC)c3)C(=O)Nc3ccc(F)cc3)cc2c1. The molecule has 4 rings (SSSR count). The van der Waals surface area contributed by atoms with Crippen LogP contribution in [-0.4, -0.2) is 43.3 Å². The number of halogens is 1. The van der Waals surface area contributed by atoms with Crippen molar-refractivity contribution in [2.24, 2.45) is 0 Å². The lowest BCUT2D eigenvalue weighted by Crippen LogP contribution is -2.37. The van der Waals surface area contributed by atoms with Crippen LogP contribution < -0.4 is 25.1 Å². The van der Waals surface area contributed by atoms with E-state index in [1.54, 1.807) is 43.4 Å². The van der Waals surface area contributed by atoms with E-state index in [9.17, 15) is 14.0 Å². The van der Waals surface area contributed by atoms with Crippen LogP contribution in [0.25, 0.3) is 10.9 Å². The van der Waals surface area contributed by atoms with E-state index < -0.39 is 11.8 Å². The topological polar surface area (TPSA) is 92.9 Å². The first-order valence-corrected chi connectivity index (χ1v) is 12.2.